The molecule has 1 amide bonds. The Labute approximate surface area is 155 Å². The summed E-state index contributed by atoms with van der Waals surface area (Å²) in [6, 6.07) is 5.42. The third-order valence-electron chi connectivity index (χ3n) is 4.71. The maximum absolute atomic E-state index is 12.3. The van der Waals surface area contributed by atoms with Crippen LogP contribution < -0.4 is 14.8 Å². The van der Waals surface area contributed by atoms with Crippen molar-refractivity contribution in [3.05, 3.63) is 23.8 Å². The maximum Gasteiger partial charge on any atom is 0.311 e. The summed E-state index contributed by atoms with van der Waals surface area (Å²) in [6.07, 6.45) is 5.93. The van der Waals surface area contributed by atoms with Crippen LogP contribution in [0.3, 0.4) is 0 Å². The first kappa shape index (κ1) is 20.1. The van der Waals surface area contributed by atoms with Gasteiger partial charge in [-0.2, -0.15) is 0 Å². The topological polar surface area (TPSA) is 73.9 Å². The van der Waals surface area contributed by atoms with Gasteiger partial charge in [0.1, 0.15) is 11.5 Å². The van der Waals surface area contributed by atoms with Gasteiger partial charge in [0.2, 0.25) is 0 Å². The second-order valence-corrected chi connectivity index (χ2v) is 6.68. The molecule has 0 spiro atoms. The van der Waals surface area contributed by atoms with Gasteiger partial charge in [-0.25, -0.2) is 0 Å². The van der Waals surface area contributed by atoms with E-state index in [0.29, 0.717) is 17.1 Å². The van der Waals surface area contributed by atoms with Crippen LogP contribution in [-0.2, 0) is 20.7 Å². The SMILES string of the molecule is COc1ccc(CC(=O)O[C@@H](C)C(=O)NC2CCCCCC2)c(OC)c1. The molecule has 6 heteroatoms. The van der Waals surface area contributed by atoms with Crippen molar-refractivity contribution in [3.63, 3.8) is 0 Å². The largest absolute Gasteiger partial charge is 0.497 e. The second-order valence-electron chi connectivity index (χ2n) is 6.68. The lowest BCUT2D eigenvalue weighted by Crippen LogP contribution is -2.42. The van der Waals surface area contributed by atoms with Crippen molar-refractivity contribution in [2.24, 2.45) is 0 Å². The summed E-state index contributed by atoms with van der Waals surface area (Å²) in [4.78, 5) is 24.5. The van der Waals surface area contributed by atoms with E-state index in [1.807, 2.05) is 0 Å². The minimum absolute atomic E-state index is 0.0359. The van der Waals surface area contributed by atoms with Crippen LogP contribution in [0.5, 0.6) is 11.5 Å². The van der Waals surface area contributed by atoms with Crippen LogP contribution in [0.4, 0.5) is 0 Å². The first-order chi connectivity index (χ1) is 12.5. The Morgan fingerprint density at radius 1 is 1.12 bits per heavy atom. The molecule has 0 unspecified atom stereocenters. The number of carbonyl (C=O) groups is 2. The second kappa shape index (κ2) is 10.0. The van der Waals surface area contributed by atoms with Crippen molar-refractivity contribution in [1.82, 2.24) is 5.32 Å². The van der Waals surface area contributed by atoms with Gasteiger partial charge in [0.05, 0.1) is 20.6 Å². The van der Waals surface area contributed by atoms with E-state index in [-0.39, 0.29) is 18.4 Å². The minimum atomic E-state index is -0.810. The Bertz CT molecular complexity index is 608. The highest BCUT2D eigenvalue weighted by Gasteiger charge is 2.22. The monoisotopic (exact) mass is 363 g/mol. The highest BCUT2D eigenvalue weighted by molar-refractivity contribution is 5.84. The first-order valence-corrected chi connectivity index (χ1v) is 9.24. The Morgan fingerprint density at radius 2 is 1.81 bits per heavy atom. The van der Waals surface area contributed by atoms with Gasteiger partial charge in [0.15, 0.2) is 6.10 Å². The summed E-state index contributed by atoms with van der Waals surface area (Å²) in [5.41, 5.74) is 0.690. The smallest absolute Gasteiger partial charge is 0.311 e. The molecular weight excluding hydrogens is 334 g/mol. The van der Waals surface area contributed by atoms with Crippen molar-refractivity contribution in [3.8, 4) is 11.5 Å². The van der Waals surface area contributed by atoms with E-state index in [2.05, 4.69) is 5.32 Å². The van der Waals surface area contributed by atoms with Gasteiger partial charge >= 0.3 is 5.97 Å². The molecule has 0 bridgehead atoms. The van der Waals surface area contributed by atoms with Crippen molar-refractivity contribution >= 4 is 11.9 Å². The number of esters is 1. The van der Waals surface area contributed by atoms with E-state index in [1.54, 1.807) is 32.2 Å². The molecule has 1 aromatic carbocycles. The number of benzene rings is 1. The van der Waals surface area contributed by atoms with Gasteiger partial charge < -0.3 is 19.5 Å². The number of ether oxygens (including phenoxy) is 3. The fourth-order valence-electron chi connectivity index (χ4n) is 3.19. The lowest BCUT2D eigenvalue weighted by atomic mass is 10.1. The normalized spacial score (nSPS) is 16.3. The molecule has 0 radical (unpaired) electrons. The summed E-state index contributed by atoms with van der Waals surface area (Å²) in [7, 11) is 3.10. The average Bonchev–Trinajstić information content (AvgIpc) is 2.90. The molecule has 0 aliphatic heterocycles. The predicted molar refractivity (Wildman–Crippen MR) is 98.4 cm³/mol. The van der Waals surface area contributed by atoms with Crippen molar-refractivity contribution < 1.29 is 23.8 Å². The van der Waals surface area contributed by atoms with Gasteiger partial charge in [-0.1, -0.05) is 31.7 Å². The van der Waals surface area contributed by atoms with Crippen molar-refractivity contribution in [2.75, 3.05) is 14.2 Å². The molecule has 6 nitrogen and oxygen atoms in total. The maximum atomic E-state index is 12.3. The number of carbonyl (C=O) groups excluding carboxylic acids is 2. The van der Waals surface area contributed by atoms with Gasteiger partial charge in [-0.15, -0.1) is 0 Å². The number of hydrogen-bond donors (Lipinski definition) is 1. The van der Waals surface area contributed by atoms with Crippen molar-refractivity contribution in [2.45, 2.75) is 64.0 Å². The summed E-state index contributed by atoms with van der Waals surface area (Å²) in [6.45, 7) is 1.61. The number of rotatable bonds is 7. The van der Waals surface area contributed by atoms with E-state index >= 15 is 0 Å². The molecular formula is C20H29NO5. The van der Waals surface area contributed by atoms with Crippen LogP contribution in [0, 0.1) is 0 Å². The minimum Gasteiger partial charge on any atom is -0.497 e. The molecule has 1 saturated carbocycles. The third kappa shape index (κ3) is 5.93. The highest BCUT2D eigenvalue weighted by atomic mass is 16.5. The first-order valence-electron chi connectivity index (χ1n) is 9.24. The predicted octanol–water partition coefficient (Wildman–Crippen LogP) is 3.02. The van der Waals surface area contributed by atoms with Crippen molar-refractivity contribution in [1.29, 1.82) is 0 Å². The third-order valence-corrected chi connectivity index (χ3v) is 4.71. The molecule has 0 heterocycles. The molecule has 1 fully saturated rings. The molecule has 1 atom stereocenters. The Kier molecular flexibility index (Phi) is 7.75. The molecule has 26 heavy (non-hydrogen) atoms. The number of amides is 1. The van der Waals surface area contributed by atoms with E-state index in [4.69, 9.17) is 14.2 Å². The number of methoxy groups -OCH3 is 2. The summed E-state index contributed by atoms with van der Waals surface area (Å²) in [5, 5.41) is 3.01. The summed E-state index contributed by atoms with van der Waals surface area (Å²) >= 11 is 0. The molecule has 1 aliphatic carbocycles. The Balaban J connectivity index is 1.87. The van der Waals surface area contributed by atoms with E-state index < -0.39 is 12.1 Å². The lowest BCUT2D eigenvalue weighted by Gasteiger charge is -2.20. The average molecular weight is 363 g/mol. The molecule has 1 aliphatic rings. The van der Waals surface area contributed by atoms with Crippen LogP contribution in [-0.4, -0.2) is 38.2 Å². The molecule has 144 valence electrons. The number of nitrogens with one attached hydrogen (secondary N) is 1. The van der Waals surface area contributed by atoms with Gasteiger partial charge in [-0.3, -0.25) is 9.59 Å². The van der Waals surface area contributed by atoms with E-state index in [0.717, 1.165) is 25.7 Å². The van der Waals surface area contributed by atoms with Crippen LogP contribution >= 0.6 is 0 Å². The van der Waals surface area contributed by atoms with Crippen LogP contribution in [0.2, 0.25) is 0 Å². The lowest BCUT2D eigenvalue weighted by molar-refractivity contribution is -0.154. The van der Waals surface area contributed by atoms with Gasteiger partial charge in [0, 0.05) is 17.7 Å². The fraction of sp³-hybridized carbons (Fsp3) is 0.600. The van der Waals surface area contributed by atoms with Gasteiger partial charge in [0.25, 0.3) is 5.91 Å². The van der Waals surface area contributed by atoms with Crippen LogP contribution in [0.25, 0.3) is 0 Å². The van der Waals surface area contributed by atoms with E-state index in [1.165, 1.54) is 20.0 Å². The molecule has 1 N–H and O–H groups in total. The van der Waals surface area contributed by atoms with E-state index in [9.17, 15) is 9.59 Å². The Morgan fingerprint density at radius 3 is 2.42 bits per heavy atom. The zero-order valence-corrected chi connectivity index (χ0v) is 15.9. The Hall–Kier alpha value is -2.24. The van der Waals surface area contributed by atoms with Gasteiger partial charge in [-0.05, 0) is 25.8 Å². The zero-order valence-electron chi connectivity index (χ0n) is 15.9. The molecule has 1 aromatic rings. The quantitative estimate of drug-likeness (QED) is 0.595. The molecule has 0 aromatic heterocycles. The molecule has 2 rings (SSSR count). The highest BCUT2D eigenvalue weighted by Crippen LogP contribution is 2.25. The van der Waals surface area contributed by atoms with Crippen LogP contribution in [0.15, 0.2) is 18.2 Å². The zero-order chi connectivity index (χ0) is 18.9. The fourth-order valence-corrected chi connectivity index (χ4v) is 3.19. The van der Waals surface area contributed by atoms with Crippen LogP contribution in [0.1, 0.15) is 51.0 Å². The molecule has 0 saturated heterocycles. The summed E-state index contributed by atoms with van der Waals surface area (Å²) in [5.74, 6) is 0.510. The summed E-state index contributed by atoms with van der Waals surface area (Å²) < 4.78 is 15.7. The number of hydrogen-bond acceptors (Lipinski definition) is 5. The standard InChI is InChI=1S/C20H29NO5/c1-14(20(23)21-16-8-6-4-5-7-9-16)26-19(22)12-15-10-11-17(24-2)13-18(15)25-3/h10-11,13-14,16H,4-9,12H2,1-3H3,(H,21,23)/t14-/m0/s1.